The largest absolute Gasteiger partial charge is 0.456 e. The van der Waals surface area contributed by atoms with Crippen molar-refractivity contribution in [3.05, 3.63) is 80.6 Å². The fourth-order valence-electron chi connectivity index (χ4n) is 3.22. The van der Waals surface area contributed by atoms with Gasteiger partial charge in [0, 0.05) is 15.6 Å². The smallest absolute Gasteiger partial charge is 0.326 e. The van der Waals surface area contributed by atoms with E-state index in [1.54, 1.807) is 47.0 Å². The van der Waals surface area contributed by atoms with Crippen molar-refractivity contribution in [2.75, 3.05) is 6.61 Å². The molecule has 0 bridgehead atoms. The van der Waals surface area contributed by atoms with Crippen molar-refractivity contribution >= 4 is 44.9 Å². The van der Waals surface area contributed by atoms with Crippen LogP contribution in [0.5, 0.6) is 0 Å². The molecule has 5 nitrogen and oxygen atoms in total. The van der Waals surface area contributed by atoms with Crippen molar-refractivity contribution in [3.8, 4) is 0 Å². The zero-order valence-corrected chi connectivity index (χ0v) is 16.0. The first kappa shape index (κ1) is 18.1. The summed E-state index contributed by atoms with van der Waals surface area (Å²) in [6.07, 6.45) is 0. The van der Waals surface area contributed by atoms with Crippen LogP contribution in [0.25, 0.3) is 21.8 Å². The highest BCUT2D eigenvalue weighted by Crippen LogP contribution is 2.19. The normalized spacial score (nSPS) is 11.0. The average molecular weight is 391 g/mol. The Hall–Kier alpha value is -3.25. The van der Waals surface area contributed by atoms with E-state index in [-0.39, 0.29) is 24.4 Å². The number of hydrogen-bond acceptors (Lipinski definition) is 5. The van der Waals surface area contributed by atoms with E-state index in [4.69, 9.17) is 4.74 Å². The van der Waals surface area contributed by atoms with E-state index >= 15 is 0 Å². The topological polar surface area (TPSA) is 65.4 Å². The van der Waals surface area contributed by atoms with Gasteiger partial charge in [-0.15, -0.1) is 11.3 Å². The van der Waals surface area contributed by atoms with E-state index in [9.17, 15) is 14.4 Å². The number of aryl methyl sites for hydroxylation is 1. The molecule has 0 aliphatic heterocycles. The summed E-state index contributed by atoms with van der Waals surface area (Å²) in [6.45, 7) is 1.53. The zero-order valence-electron chi connectivity index (χ0n) is 15.2. The minimum absolute atomic E-state index is 0.0703. The summed E-state index contributed by atoms with van der Waals surface area (Å²) in [5.74, 6) is -0.748. The molecule has 0 spiro atoms. The summed E-state index contributed by atoms with van der Waals surface area (Å²) in [7, 11) is 0. The number of carbonyl (C=O) groups is 2. The summed E-state index contributed by atoms with van der Waals surface area (Å²) in [5, 5.41) is 1.08. The quantitative estimate of drug-likeness (QED) is 0.294. The third-order valence-electron chi connectivity index (χ3n) is 4.55. The van der Waals surface area contributed by atoms with E-state index in [2.05, 4.69) is 0 Å². The van der Waals surface area contributed by atoms with Crippen LogP contribution >= 0.6 is 11.3 Å². The van der Waals surface area contributed by atoms with Crippen LogP contribution in [0.2, 0.25) is 0 Å². The highest BCUT2D eigenvalue weighted by molar-refractivity contribution is 7.14. The predicted molar refractivity (Wildman–Crippen MR) is 110 cm³/mol. The number of para-hydroxylation sites is 2. The Morgan fingerprint density at radius 3 is 2.11 bits per heavy atom. The van der Waals surface area contributed by atoms with Crippen LogP contribution in [-0.2, 0) is 16.1 Å². The van der Waals surface area contributed by atoms with Crippen LogP contribution in [0.3, 0.4) is 0 Å². The van der Waals surface area contributed by atoms with Crippen molar-refractivity contribution in [1.82, 2.24) is 4.57 Å². The number of ketones is 1. The average Bonchev–Trinajstić information content (AvgIpc) is 3.16. The molecule has 0 radical (unpaired) electrons. The summed E-state index contributed by atoms with van der Waals surface area (Å²) < 4.78 is 6.98. The number of carbonyl (C=O) groups excluding carboxylic acids is 2. The van der Waals surface area contributed by atoms with E-state index in [1.807, 2.05) is 25.1 Å². The molecule has 4 aromatic rings. The van der Waals surface area contributed by atoms with Gasteiger partial charge in [-0.25, -0.2) is 0 Å². The number of pyridine rings is 1. The maximum atomic E-state index is 12.7. The molecule has 0 fully saturated rings. The molecule has 0 unspecified atom stereocenters. The van der Waals surface area contributed by atoms with E-state index in [1.165, 1.54) is 11.3 Å². The molecule has 6 heteroatoms. The van der Waals surface area contributed by atoms with Gasteiger partial charge in [-0.3, -0.25) is 14.4 Å². The fourth-order valence-corrected chi connectivity index (χ4v) is 4.02. The van der Waals surface area contributed by atoms with Gasteiger partial charge in [0.1, 0.15) is 6.54 Å². The number of esters is 1. The number of Topliss-reactive ketones (excluding diaryl/α,β-unsaturated/α-hetero) is 1. The minimum Gasteiger partial charge on any atom is -0.456 e. The maximum absolute atomic E-state index is 12.7. The van der Waals surface area contributed by atoms with Crippen molar-refractivity contribution in [2.24, 2.45) is 0 Å². The third-order valence-corrected chi connectivity index (χ3v) is 5.59. The molecule has 2 aromatic carbocycles. The summed E-state index contributed by atoms with van der Waals surface area (Å²) in [5.41, 5.74) is 1.24. The van der Waals surface area contributed by atoms with Crippen LogP contribution in [-0.4, -0.2) is 22.9 Å². The van der Waals surface area contributed by atoms with Gasteiger partial charge >= 0.3 is 5.97 Å². The summed E-state index contributed by atoms with van der Waals surface area (Å²) in [6, 6.07) is 17.9. The Labute approximate surface area is 164 Å². The lowest BCUT2D eigenvalue weighted by Gasteiger charge is -2.14. The first-order valence-corrected chi connectivity index (χ1v) is 9.62. The van der Waals surface area contributed by atoms with Crippen LogP contribution in [0, 0.1) is 6.92 Å². The number of fused-ring (bicyclic) bond motifs is 2. The fraction of sp³-hybridized carbons (Fsp3) is 0.136. The number of hydrogen-bond donors (Lipinski definition) is 0. The predicted octanol–water partition coefficient (Wildman–Crippen LogP) is 3.95. The Morgan fingerprint density at radius 2 is 1.54 bits per heavy atom. The van der Waals surface area contributed by atoms with Gasteiger partial charge in [-0.05, 0) is 43.3 Å². The number of ether oxygens (including phenoxy) is 1. The van der Waals surface area contributed by atoms with E-state index < -0.39 is 5.97 Å². The number of benzene rings is 2. The molecule has 0 saturated carbocycles. The van der Waals surface area contributed by atoms with Crippen LogP contribution in [0.15, 0.2) is 65.5 Å². The molecule has 0 saturated heterocycles. The Kier molecular flexibility index (Phi) is 4.79. The van der Waals surface area contributed by atoms with Gasteiger partial charge in [-0.2, -0.15) is 0 Å². The molecule has 0 amide bonds. The lowest BCUT2D eigenvalue weighted by Crippen LogP contribution is -2.20. The molecule has 0 N–H and O–H groups in total. The second-order valence-corrected chi connectivity index (χ2v) is 7.73. The molecule has 28 heavy (non-hydrogen) atoms. The summed E-state index contributed by atoms with van der Waals surface area (Å²) >= 11 is 1.38. The molecule has 140 valence electrons. The van der Waals surface area contributed by atoms with E-state index in [0.29, 0.717) is 26.7 Å². The Bertz CT molecular complexity index is 1210. The molecule has 0 atom stereocenters. The van der Waals surface area contributed by atoms with Gasteiger partial charge in [0.2, 0.25) is 5.78 Å². The first-order chi connectivity index (χ1) is 13.5. The van der Waals surface area contributed by atoms with Crippen molar-refractivity contribution in [3.63, 3.8) is 0 Å². The SMILES string of the molecule is Cc1ccc(C(=O)COC(=O)Cn2c3ccccc3c(=O)c3ccccc32)s1. The molecule has 2 heterocycles. The maximum Gasteiger partial charge on any atom is 0.326 e. The molecule has 0 aliphatic rings. The Morgan fingerprint density at radius 1 is 0.929 bits per heavy atom. The molecule has 2 aromatic heterocycles. The van der Waals surface area contributed by atoms with E-state index in [0.717, 1.165) is 4.88 Å². The molecular weight excluding hydrogens is 374 g/mol. The number of aromatic nitrogens is 1. The van der Waals surface area contributed by atoms with Crippen molar-refractivity contribution in [1.29, 1.82) is 0 Å². The first-order valence-electron chi connectivity index (χ1n) is 8.80. The van der Waals surface area contributed by atoms with Crippen LogP contribution < -0.4 is 5.43 Å². The second-order valence-electron chi connectivity index (χ2n) is 6.44. The van der Waals surface area contributed by atoms with Gasteiger partial charge in [-0.1, -0.05) is 24.3 Å². The van der Waals surface area contributed by atoms with Crippen LogP contribution in [0.1, 0.15) is 14.5 Å². The van der Waals surface area contributed by atoms with Gasteiger partial charge in [0.15, 0.2) is 12.0 Å². The van der Waals surface area contributed by atoms with Gasteiger partial charge in [0.25, 0.3) is 0 Å². The van der Waals surface area contributed by atoms with Gasteiger partial charge < -0.3 is 9.30 Å². The monoisotopic (exact) mass is 391 g/mol. The minimum atomic E-state index is -0.527. The number of thiophene rings is 1. The van der Waals surface area contributed by atoms with Crippen LogP contribution in [0.4, 0.5) is 0 Å². The van der Waals surface area contributed by atoms with Crippen molar-refractivity contribution in [2.45, 2.75) is 13.5 Å². The Balaban J connectivity index is 1.63. The van der Waals surface area contributed by atoms with Gasteiger partial charge in [0.05, 0.1) is 15.9 Å². The lowest BCUT2D eigenvalue weighted by molar-refractivity contribution is -0.143. The number of rotatable bonds is 5. The lowest BCUT2D eigenvalue weighted by atomic mass is 10.1. The molecule has 4 rings (SSSR count). The standard InChI is InChI=1S/C22H17NO4S/c1-14-10-11-20(28-14)19(24)13-27-21(25)12-23-17-8-4-2-6-15(17)22(26)16-7-3-5-9-18(16)23/h2-11H,12-13H2,1H3. The third kappa shape index (κ3) is 3.34. The molecular formula is C22H17NO4S. The molecule has 0 aliphatic carbocycles. The zero-order chi connectivity index (χ0) is 19.7. The highest BCUT2D eigenvalue weighted by atomic mass is 32.1. The summed E-state index contributed by atoms with van der Waals surface area (Å²) in [4.78, 5) is 39.0. The number of nitrogens with zero attached hydrogens (tertiary/aromatic N) is 1. The highest BCUT2D eigenvalue weighted by Gasteiger charge is 2.15. The van der Waals surface area contributed by atoms with Crippen molar-refractivity contribution < 1.29 is 14.3 Å². The second kappa shape index (κ2) is 7.40.